The molecule has 4 heteroatoms. The van der Waals surface area contributed by atoms with Gasteiger partial charge in [0.1, 0.15) is 0 Å². The van der Waals surface area contributed by atoms with Gasteiger partial charge in [0, 0.05) is 20.2 Å². The van der Waals surface area contributed by atoms with Gasteiger partial charge in [-0.15, -0.1) is 0 Å². The fraction of sp³-hybridized carbons (Fsp3) is 0.909. The second-order valence-corrected chi connectivity index (χ2v) is 4.35. The summed E-state index contributed by atoms with van der Waals surface area (Å²) in [7, 11) is 3.59. The molecule has 0 spiro atoms. The van der Waals surface area contributed by atoms with Crippen molar-refractivity contribution in [1.29, 1.82) is 0 Å². The van der Waals surface area contributed by atoms with E-state index < -0.39 is 0 Å². The molecule has 1 aliphatic heterocycles. The highest BCUT2D eigenvalue weighted by atomic mass is 16.5. The molecule has 0 aliphatic carbocycles. The van der Waals surface area contributed by atoms with Crippen molar-refractivity contribution in [2.45, 2.75) is 13.3 Å². The van der Waals surface area contributed by atoms with Crippen LogP contribution in [0.2, 0.25) is 0 Å². The molecule has 0 radical (unpaired) electrons. The highest BCUT2D eigenvalue weighted by molar-refractivity contribution is 5.78. The van der Waals surface area contributed by atoms with Crippen LogP contribution >= 0.6 is 0 Å². The molecule has 15 heavy (non-hydrogen) atoms. The third kappa shape index (κ3) is 3.47. The topological polar surface area (TPSA) is 41.6 Å². The molecular formula is C11H22N2O2. The van der Waals surface area contributed by atoms with Crippen LogP contribution in [-0.2, 0) is 9.53 Å². The Labute approximate surface area is 92.0 Å². The third-order valence-corrected chi connectivity index (χ3v) is 2.93. The van der Waals surface area contributed by atoms with E-state index in [1.54, 1.807) is 7.11 Å². The summed E-state index contributed by atoms with van der Waals surface area (Å²) in [5.41, 5.74) is 0. The van der Waals surface area contributed by atoms with E-state index in [1.807, 2.05) is 18.9 Å². The first-order valence-electron chi connectivity index (χ1n) is 5.61. The first kappa shape index (κ1) is 12.5. The molecule has 4 nitrogen and oxygen atoms in total. The second kappa shape index (κ2) is 6.08. The molecule has 1 rings (SSSR count). The van der Waals surface area contributed by atoms with Gasteiger partial charge in [-0.2, -0.15) is 0 Å². The van der Waals surface area contributed by atoms with E-state index in [4.69, 9.17) is 4.74 Å². The fourth-order valence-electron chi connectivity index (χ4n) is 2.12. The summed E-state index contributed by atoms with van der Waals surface area (Å²) < 4.78 is 5.00. The Hall–Kier alpha value is -0.610. The van der Waals surface area contributed by atoms with Gasteiger partial charge in [-0.25, -0.2) is 0 Å². The summed E-state index contributed by atoms with van der Waals surface area (Å²) in [6.07, 6.45) is 1.12. The quantitative estimate of drug-likeness (QED) is 0.717. The van der Waals surface area contributed by atoms with Crippen LogP contribution in [-0.4, -0.2) is 51.2 Å². The van der Waals surface area contributed by atoms with Crippen molar-refractivity contribution in [2.24, 2.45) is 11.8 Å². The van der Waals surface area contributed by atoms with Crippen molar-refractivity contribution in [1.82, 2.24) is 10.2 Å². The second-order valence-electron chi connectivity index (χ2n) is 4.35. The van der Waals surface area contributed by atoms with Crippen LogP contribution < -0.4 is 5.32 Å². The van der Waals surface area contributed by atoms with Crippen LogP contribution in [0.4, 0.5) is 0 Å². The number of methoxy groups -OCH3 is 1. The first-order chi connectivity index (χ1) is 7.19. The van der Waals surface area contributed by atoms with Gasteiger partial charge in [0.15, 0.2) is 0 Å². The molecule has 2 unspecified atom stereocenters. The van der Waals surface area contributed by atoms with Crippen molar-refractivity contribution in [3.8, 4) is 0 Å². The Morgan fingerprint density at radius 3 is 3.00 bits per heavy atom. The highest BCUT2D eigenvalue weighted by Crippen LogP contribution is 2.17. The Kier molecular flexibility index (Phi) is 5.05. The molecule has 1 aliphatic rings. The number of likely N-dealkylation sites (tertiary alicyclic amines) is 1. The number of nitrogens with zero attached hydrogens (tertiary/aromatic N) is 1. The maximum atomic E-state index is 11.9. The molecule has 88 valence electrons. The van der Waals surface area contributed by atoms with Gasteiger partial charge < -0.3 is 15.0 Å². The fourth-order valence-corrected chi connectivity index (χ4v) is 2.12. The zero-order chi connectivity index (χ0) is 11.3. The third-order valence-electron chi connectivity index (χ3n) is 2.93. The molecule has 0 aromatic carbocycles. The zero-order valence-electron chi connectivity index (χ0n) is 9.95. The van der Waals surface area contributed by atoms with Crippen molar-refractivity contribution in [3.63, 3.8) is 0 Å². The van der Waals surface area contributed by atoms with E-state index in [1.165, 1.54) is 0 Å². The van der Waals surface area contributed by atoms with E-state index >= 15 is 0 Å². The molecule has 1 N–H and O–H groups in total. The van der Waals surface area contributed by atoms with Gasteiger partial charge in [-0.3, -0.25) is 4.79 Å². The van der Waals surface area contributed by atoms with Crippen LogP contribution in [0.5, 0.6) is 0 Å². The van der Waals surface area contributed by atoms with E-state index in [9.17, 15) is 4.79 Å². The number of nitrogens with one attached hydrogen (secondary N) is 1. The lowest BCUT2D eigenvalue weighted by Crippen LogP contribution is -2.35. The predicted octanol–water partition coefficient (Wildman–Crippen LogP) is 0.337. The molecule has 0 aromatic rings. The van der Waals surface area contributed by atoms with Crippen LogP contribution in [0, 0.1) is 11.8 Å². The molecule has 0 bridgehead atoms. The van der Waals surface area contributed by atoms with Gasteiger partial charge >= 0.3 is 0 Å². The highest BCUT2D eigenvalue weighted by Gasteiger charge is 2.28. The summed E-state index contributed by atoms with van der Waals surface area (Å²) in [6.45, 7) is 5.25. The number of carbonyl (C=O) groups excluding carboxylic acids is 1. The van der Waals surface area contributed by atoms with Crippen molar-refractivity contribution in [2.75, 3.05) is 40.4 Å². The zero-order valence-corrected chi connectivity index (χ0v) is 9.95. The maximum absolute atomic E-state index is 11.9. The summed E-state index contributed by atoms with van der Waals surface area (Å²) >= 11 is 0. The van der Waals surface area contributed by atoms with Crippen LogP contribution in [0.15, 0.2) is 0 Å². The van der Waals surface area contributed by atoms with Crippen LogP contribution in [0.3, 0.4) is 0 Å². The molecule has 0 saturated carbocycles. The van der Waals surface area contributed by atoms with Crippen molar-refractivity contribution < 1.29 is 9.53 Å². The largest absolute Gasteiger partial charge is 0.384 e. The number of rotatable bonds is 5. The van der Waals surface area contributed by atoms with E-state index in [0.717, 1.165) is 26.1 Å². The van der Waals surface area contributed by atoms with E-state index in [2.05, 4.69) is 5.32 Å². The monoisotopic (exact) mass is 214 g/mol. The van der Waals surface area contributed by atoms with Crippen molar-refractivity contribution in [3.05, 3.63) is 0 Å². The Balaban J connectivity index is 2.35. The molecule has 1 heterocycles. The number of hydrogen-bond acceptors (Lipinski definition) is 3. The maximum Gasteiger partial charge on any atom is 0.227 e. The summed E-state index contributed by atoms with van der Waals surface area (Å²) in [5, 5.41) is 3.16. The van der Waals surface area contributed by atoms with Crippen LogP contribution in [0.25, 0.3) is 0 Å². The van der Waals surface area contributed by atoms with E-state index in [0.29, 0.717) is 12.5 Å². The number of carbonyl (C=O) groups is 1. The number of amides is 1. The van der Waals surface area contributed by atoms with Gasteiger partial charge in [-0.1, -0.05) is 6.92 Å². The average molecular weight is 214 g/mol. The van der Waals surface area contributed by atoms with Gasteiger partial charge in [0.05, 0.1) is 12.5 Å². The standard InChI is InChI=1S/C11H22N2O2/c1-9(8-15-3)11(14)13-5-4-10(7-13)6-12-2/h9-10,12H,4-8H2,1-3H3. The van der Waals surface area contributed by atoms with Gasteiger partial charge in [0.2, 0.25) is 5.91 Å². The number of hydrogen-bond donors (Lipinski definition) is 1. The Morgan fingerprint density at radius 2 is 2.40 bits per heavy atom. The lowest BCUT2D eigenvalue weighted by Gasteiger charge is -2.20. The summed E-state index contributed by atoms with van der Waals surface area (Å²) in [6, 6.07) is 0. The molecule has 1 saturated heterocycles. The normalized spacial score (nSPS) is 23.1. The van der Waals surface area contributed by atoms with Crippen molar-refractivity contribution >= 4 is 5.91 Å². The Bertz CT molecular complexity index is 209. The minimum atomic E-state index is -0.0108. The minimum absolute atomic E-state index is 0.0108. The predicted molar refractivity (Wildman–Crippen MR) is 59.7 cm³/mol. The lowest BCUT2D eigenvalue weighted by atomic mass is 10.1. The SMILES string of the molecule is CNCC1CCN(C(=O)C(C)COC)C1. The average Bonchev–Trinajstić information content (AvgIpc) is 2.66. The lowest BCUT2D eigenvalue weighted by molar-refractivity contribution is -0.135. The minimum Gasteiger partial charge on any atom is -0.384 e. The number of ether oxygens (including phenoxy) is 1. The molecule has 1 amide bonds. The van der Waals surface area contributed by atoms with Gasteiger partial charge in [-0.05, 0) is 25.9 Å². The summed E-state index contributed by atoms with van der Waals surface area (Å²) in [4.78, 5) is 13.9. The van der Waals surface area contributed by atoms with E-state index in [-0.39, 0.29) is 11.8 Å². The van der Waals surface area contributed by atoms with Crippen LogP contribution in [0.1, 0.15) is 13.3 Å². The molecule has 0 aromatic heterocycles. The van der Waals surface area contributed by atoms with Gasteiger partial charge in [0.25, 0.3) is 0 Å². The molecule has 1 fully saturated rings. The Morgan fingerprint density at radius 1 is 1.67 bits per heavy atom. The molecule has 2 atom stereocenters. The first-order valence-corrected chi connectivity index (χ1v) is 5.61. The molecular weight excluding hydrogens is 192 g/mol. The summed E-state index contributed by atoms with van der Waals surface area (Å²) in [5.74, 6) is 0.840. The smallest absolute Gasteiger partial charge is 0.227 e.